The number of hydrogen-bond acceptors (Lipinski definition) is 5. The van der Waals surface area contributed by atoms with Gasteiger partial charge >= 0.3 is 5.97 Å². The third kappa shape index (κ3) is 2.80. The Morgan fingerprint density at radius 2 is 1.78 bits per heavy atom. The second-order valence-corrected chi connectivity index (χ2v) is 3.67. The van der Waals surface area contributed by atoms with Crippen LogP contribution in [-0.4, -0.2) is 33.1 Å². The quantitative estimate of drug-likeness (QED) is 0.587. The number of Topliss-reactive ketones (excluding diaryl/α,β-unsaturated/α-hetero) is 1. The fourth-order valence-corrected chi connectivity index (χ4v) is 1.69. The molecule has 98 valence electrons. The van der Waals surface area contributed by atoms with Crippen molar-refractivity contribution in [2.45, 2.75) is 12.8 Å². The summed E-state index contributed by atoms with van der Waals surface area (Å²) in [6.45, 7) is 1.33. The van der Waals surface area contributed by atoms with Crippen LogP contribution in [0.3, 0.4) is 0 Å². The van der Waals surface area contributed by atoms with Crippen molar-refractivity contribution in [3.8, 4) is 11.5 Å². The SMILES string of the molecule is COC(=O)C(C(C)=O)c1cc(OC)ccc1OC. The lowest BCUT2D eigenvalue weighted by molar-refractivity contribution is -0.145. The van der Waals surface area contributed by atoms with E-state index in [4.69, 9.17) is 9.47 Å². The average molecular weight is 252 g/mol. The average Bonchev–Trinajstić information content (AvgIpc) is 2.38. The highest BCUT2D eigenvalue weighted by Gasteiger charge is 2.29. The van der Waals surface area contributed by atoms with Gasteiger partial charge in [-0.15, -0.1) is 0 Å². The van der Waals surface area contributed by atoms with E-state index in [-0.39, 0.29) is 5.78 Å². The number of methoxy groups -OCH3 is 3. The van der Waals surface area contributed by atoms with Crippen molar-refractivity contribution in [1.29, 1.82) is 0 Å². The van der Waals surface area contributed by atoms with Crippen molar-refractivity contribution in [3.63, 3.8) is 0 Å². The molecule has 1 atom stereocenters. The summed E-state index contributed by atoms with van der Waals surface area (Å²) < 4.78 is 14.9. The monoisotopic (exact) mass is 252 g/mol. The molecule has 0 bridgehead atoms. The summed E-state index contributed by atoms with van der Waals surface area (Å²) in [6, 6.07) is 4.94. The van der Waals surface area contributed by atoms with Gasteiger partial charge in [-0.1, -0.05) is 0 Å². The zero-order valence-corrected chi connectivity index (χ0v) is 10.9. The molecule has 0 spiro atoms. The van der Waals surface area contributed by atoms with Crippen molar-refractivity contribution in [2.24, 2.45) is 0 Å². The fourth-order valence-electron chi connectivity index (χ4n) is 1.69. The number of ether oxygens (including phenoxy) is 3. The molecule has 0 aromatic heterocycles. The first-order chi connectivity index (χ1) is 8.54. The first-order valence-corrected chi connectivity index (χ1v) is 5.35. The van der Waals surface area contributed by atoms with Crippen LogP contribution >= 0.6 is 0 Å². The van der Waals surface area contributed by atoms with E-state index in [0.29, 0.717) is 17.1 Å². The molecule has 0 saturated heterocycles. The third-order valence-corrected chi connectivity index (χ3v) is 2.59. The molecule has 0 aliphatic rings. The van der Waals surface area contributed by atoms with Crippen LogP contribution < -0.4 is 9.47 Å². The van der Waals surface area contributed by atoms with Crippen molar-refractivity contribution >= 4 is 11.8 Å². The van der Waals surface area contributed by atoms with E-state index in [1.807, 2.05) is 0 Å². The van der Waals surface area contributed by atoms with Crippen LogP contribution in [0.2, 0.25) is 0 Å². The molecular weight excluding hydrogens is 236 g/mol. The van der Waals surface area contributed by atoms with Crippen molar-refractivity contribution in [3.05, 3.63) is 23.8 Å². The Morgan fingerprint density at radius 1 is 1.11 bits per heavy atom. The zero-order chi connectivity index (χ0) is 13.7. The van der Waals surface area contributed by atoms with Gasteiger partial charge in [-0.3, -0.25) is 9.59 Å². The molecule has 18 heavy (non-hydrogen) atoms. The summed E-state index contributed by atoms with van der Waals surface area (Å²) >= 11 is 0. The van der Waals surface area contributed by atoms with Crippen molar-refractivity contribution in [2.75, 3.05) is 21.3 Å². The standard InChI is InChI=1S/C13H16O5/c1-8(14)12(13(15)18-4)10-7-9(16-2)5-6-11(10)17-3/h5-7,12H,1-4H3. The molecule has 0 amide bonds. The van der Waals surface area contributed by atoms with Gasteiger partial charge in [0, 0.05) is 5.56 Å². The fraction of sp³-hybridized carbons (Fsp3) is 0.385. The number of benzene rings is 1. The summed E-state index contributed by atoms with van der Waals surface area (Å²) in [5.74, 6) is -0.940. The van der Waals surface area contributed by atoms with Crippen molar-refractivity contribution < 1.29 is 23.8 Å². The summed E-state index contributed by atoms with van der Waals surface area (Å²) in [5, 5.41) is 0. The minimum absolute atomic E-state index is 0.312. The number of ketones is 1. The van der Waals surface area contributed by atoms with Crippen LogP contribution in [0.5, 0.6) is 11.5 Å². The van der Waals surface area contributed by atoms with Gasteiger partial charge in [0.25, 0.3) is 0 Å². The Hall–Kier alpha value is -2.04. The number of esters is 1. The predicted octanol–water partition coefficient (Wildman–Crippen LogP) is 1.55. The second kappa shape index (κ2) is 6.05. The van der Waals surface area contributed by atoms with E-state index in [2.05, 4.69) is 4.74 Å². The number of hydrogen-bond donors (Lipinski definition) is 0. The molecule has 1 rings (SSSR count). The zero-order valence-electron chi connectivity index (χ0n) is 10.9. The first kappa shape index (κ1) is 14.0. The molecule has 1 aromatic carbocycles. The Morgan fingerprint density at radius 3 is 2.22 bits per heavy atom. The summed E-state index contributed by atoms with van der Waals surface area (Å²) in [5.41, 5.74) is 0.441. The predicted molar refractivity (Wildman–Crippen MR) is 65.0 cm³/mol. The molecule has 0 radical (unpaired) electrons. The second-order valence-electron chi connectivity index (χ2n) is 3.67. The highest BCUT2D eigenvalue weighted by molar-refractivity contribution is 6.04. The molecule has 0 saturated carbocycles. The van der Waals surface area contributed by atoms with E-state index in [1.165, 1.54) is 28.3 Å². The molecule has 0 aliphatic carbocycles. The molecule has 0 N–H and O–H groups in total. The summed E-state index contributed by atoms with van der Waals surface area (Å²) in [6.07, 6.45) is 0. The van der Waals surface area contributed by atoms with Gasteiger partial charge in [0.1, 0.15) is 23.2 Å². The minimum Gasteiger partial charge on any atom is -0.497 e. The molecule has 1 unspecified atom stereocenters. The Labute approximate surface area is 106 Å². The van der Waals surface area contributed by atoms with Crippen LogP contribution in [0.1, 0.15) is 18.4 Å². The van der Waals surface area contributed by atoms with Gasteiger partial charge in [-0.25, -0.2) is 0 Å². The highest BCUT2D eigenvalue weighted by atomic mass is 16.5. The lowest BCUT2D eigenvalue weighted by atomic mass is 9.94. The van der Waals surface area contributed by atoms with E-state index in [0.717, 1.165) is 0 Å². The van der Waals surface area contributed by atoms with Crippen LogP contribution in [-0.2, 0) is 14.3 Å². The van der Waals surface area contributed by atoms with Gasteiger partial charge in [0.2, 0.25) is 0 Å². The molecule has 1 aromatic rings. The molecule has 5 heteroatoms. The largest absolute Gasteiger partial charge is 0.497 e. The Kier molecular flexibility index (Phi) is 4.71. The topological polar surface area (TPSA) is 61.8 Å². The van der Waals surface area contributed by atoms with Crippen LogP contribution in [0, 0.1) is 0 Å². The third-order valence-electron chi connectivity index (χ3n) is 2.59. The maximum Gasteiger partial charge on any atom is 0.320 e. The normalized spacial score (nSPS) is 11.6. The maximum absolute atomic E-state index is 11.7. The molecule has 5 nitrogen and oxygen atoms in total. The lowest BCUT2D eigenvalue weighted by Gasteiger charge is -2.16. The summed E-state index contributed by atoms with van der Waals surface area (Å²) in [7, 11) is 4.22. The van der Waals surface area contributed by atoms with Gasteiger partial charge < -0.3 is 14.2 Å². The van der Waals surface area contributed by atoms with Gasteiger partial charge in [0.15, 0.2) is 0 Å². The maximum atomic E-state index is 11.7. The lowest BCUT2D eigenvalue weighted by Crippen LogP contribution is -2.21. The van der Waals surface area contributed by atoms with E-state index < -0.39 is 11.9 Å². The number of carbonyl (C=O) groups is 2. The molecule has 0 heterocycles. The van der Waals surface area contributed by atoms with Gasteiger partial charge in [0.05, 0.1) is 21.3 Å². The number of rotatable bonds is 5. The van der Waals surface area contributed by atoms with Gasteiger partial charge in [-0.05, 0) is 25.1 Å². The van der Waals surface area contributed by atoms with E-state index >= 15 is 0 Å². The van der Waals surface area contributed by atoms with Crippen LogP contribution in [0.15, 0.2) is 18.2 Å². The van der Waals surface area contributed by atoms with Crippen LogP contribution in [0.25, 0.3) is 0 Å². The molecular formula is C13H16O5. The Bertz CT molecular complexity index is 453. The smallest absolute Gasteiger partial charge is 0.320 e. The first-order valence-electron chi connectivity index (χ1n) is 5.35. The minimum atomic E-state index is -1.000. The molecule has 0 fully saturated rings. The van der Waals surface area contributed by atoms with Crippen LogP contribution in [0.4, 0.5) is 0 Å². The van der Waals surface area contributed by atoms with Gasteiger partial charge in [-0.2, -0.15) is 0 Å². The van der Waals surface area contributed by atoms with E-state index in [1.54, 1.807) is 18.2 Å². The highest BCUT2D eigenvalue weighted by Crippen LogP contribution is 2.31. The van der Waals surface area contributed by atoms with E-state index in [9.17, 15) is 9.59 Å². The summed E-state index contributed by atoms with van der Waals surface area (Å²) in [4.78, 5) is 23.3. The Balaban J connectivity index is 3.33. The van der Waals surface area contributed by atoms with Crippen molar-refractivity contribution in [1.82, 2.24) is 0 Å². The number of carbonyl (C=O) groups excluding carboxylic acids is 2. The molecule has 0 aliphatic heterocycles.